The highest BCUT2D eigenvalue weighted by molar-refractivity contribution is 9.10. The molecule has 0 saturated carbocycles. The van der Waals surface area contributed by atoms with Crippen molar-refractivity contribution in [3.05, 3.63) is 28.7 Å². The fourth-order valence-electron chi connectivity index (χ4n) is 1.68. The van der Waals surface area contributed by atoms with E-state index in [1.165, 1.54) is 0 Å². The Kier molecular flexibility index (Phi) is 8.85. The van der Waals surface area contributed by atoms with E-state index in [2.05, 4.69) is 31.6 Å². The molecule has 0 aliphatic rings. The Hall–Kier alpha value is -1.27. The Morgan fingerprint density at radius 3 is 2.76 bits per heavy atom. The Balaban J connectivity index is 2.31. The van der Waals surface area contributed by atoms with E-state index in [4.69, 9.17) is 9.47 Å². The van der Waals surface area contributed by atoms with Crippen LogP contribution in [0.4, 0.5) is 0 Å². The average molecular weight is 358 g/mol. The summed E-state index contributed by atoms with van der Waals surface area (Å²) in [5.41, 5.74) is 0. The van der Waals surface area contributed by atoms with Gasteiger partial charge in [-0.3, -0.25) is 4.99 Å². The number of ether oxygens (including phenoxy) is 2. The van der Waals surface area contributed by atoms with Gasteiger partial charge in [0.25, 0.3) is 0 Å². The zero-order chi connectivity index (χ0) is 15.5. The highest BCUT2D eigenvalue weighted by Gasteiger charge is 2.07. The van der Waals surface area contributed by atoms with Crippen molar-refractivity contribution in [2.75, 3.05) is 33.9 Å². The molecule has 0 amide bonds. The molecule has 1 unspecified atom stereocenters. The maximum Gasteiger partial charge on any atom is 0.191 e. The summed E-state index contributed by atoms with van der Waals surface area (Å²) in [5, 5.41) is 6.47. The number of methoxy groups -OCH3 is 1. The van der Waals surface area contributed by atoms with Crippen LogP contribution in [0.3, 0.4) is 0 Å². The number of hydrogen-bond acceptors (Lipinski definition) is 3. The van der Waals surface area contributed by atoms with Gasteiger partial charge in [0.15, 0.2) is 5.96 Å². The van der Waals surface area contributed by atoms with E-state index in [-0.39, 0.29) is 6.10 Å². The largest absolute Gasteiger partial charge is 0.488 e. The zero-order valence-corrected chi connectivity index (χ0v) is 14.4. The monoisotopic (exact) mass is 357 g/mol. The van der Waals surface area contributed by atoms with Crippen LogP contribution in [0.15, 0.2) is 33.7 Å². The van der Waals surface area contributed by atoms with Crippen LogP contribution in [0.1, 0.15) is 13.3 Å². The second-order valence-corrected chi connectivity index (χ2v) is 5.44. The van der Waals surface area contributed by atoms with Gasteiger partial charge in [-0.25, -0.2) is 0 Å². The molecular formula is C15H24BrN3O2. The Morgan fingerprint density at radius 2 is 2.10 bits per heavy atom. The summed E-state index contributed by atoms with van der Waals surface area (Å²) in [5.74, 6) is 1.61. The van der Waals surface area contributed by atoms with Crippen LogP contribution in [0.5, 0.6) is 5.75 Å². The highest BCUT2D eigenvalue weighted by Crippen LogP contribution is 2.24. The van der Waals surface area contributed by atoms with Crippen molar-refractivity contribution in [1.82, 2.24) is 10.6 Å². The molecule has 0 spiro atoms. The average Bonchev–Trinajstić information content (AvgIpc) is 2.49. The van der Waals surface area contributed by atoms with Crippen LogP contribution in [-0.4, -0.2) is 45.9 Å². The minimum absolute atomic E-state index is 0.0289. The second-order valence-electron chi connectivity index (χ2n) is 4.59. The van der Waals surface area contributed by atoms with Gasteiger partial charge in [0.05, 0.1) is 11.0 Å². The van der Waals surface area contributed by atoms with Crippen LogP contribution in [0.2, 0.25) is 0 Å². The summed E-state index contributed by atoms with van der Waals surface area (Å²) in [7, 11) is 3.46. The number of nitrogens with zero attached hydrogens (tertiary/aromatic N) is 1. The number of benzene rings is 1. The number of nitrogens with one attached hydrogen (secondary N) is 2. The van der Waals surface area contributed by atoms with Crippen LogP contribution in [0, 0.1) is 0 Å². The van der Waals surface area contributed by atoms with Crippen LogP contribution < -0.4 is 15.4 Å². The molecule has 0 bridgehead atoms. The number of hydrogen-bond donors (Lipinski definition) is 2. The third-order valence-corrected chi connectivity index (χ3v) is 3.42. The molecule has 0 fully saturated rings. The first kappa shape index (κ1) is 17.8. The number of para-hydroxylation sites is 1. The van der Waals surface area contributed by atoms with Crippen molar-refractivity contribution in [2.24, 2.45) is 4.99 Å². The molecule has 6 heteroatoms. The lowest BCUT2D eigenvalue weighted by atomic mass is 10.3. The molecule has 1 aromatic rings. The van der Waals surface area contributed by atoms with Gasteiger partial charge in [-0.15, -0.1) is 0 Å². The van der Waals surface area contributed by atoms with E-state index in [1.807, 2.05) is 31.2 Å². The number of guanidine groups is 1. The number of rotatable bonds is 8. The summed E-state index contributed by atoms with van der Waals surface area (Å²) in [6.45, 7) is 4.26. The normalized spacial score (nSPS) is 12.9. The lowest BCUT2D eigenvalue weighted by Crippen LogP contribution is -2.42. The molecule has 0 aliphatic carbocycles. The molecule has 1 aromatic carbocycles. The molecule has 21 heavy (non-hydrogen) atoms. The second kappa shape index (κ2) is 10.5. The molecule has 0 saturated heterocycles. The van der Waals surface area contributed by atoms with Crippen molar-refractivity contribution in [1.29, 1.82) is 0 Å². The summed E-state index contributed by atoms with van der Waals surface area (Å²) >= 11 is 3.47. The van der Waals surface area contributed by atoms with E-state index in [0.717, 1.165) is 35.8 Å². The summed E-state index contributed by atoms with van der Waals surface area (Å²) < 4.78 is 11.8. The molecule has 5 nitrogen and oxygen atoms in total. The molecule has 0 radical (unpaired) electrons. The molecule has 1 rings (SSSR count). The van der Waals surface area contributed by atoms with Gasteiger partial charge in [-0.2, -0.15) is 0 Å². The minimum Gasteiger partial charge on any atom is -0.488 e. The van der Waals surface area contributed by atoms with E-state index < -0.39 is 0 Å². The Labute approximate surface area is 135 Å². The van der Waals surface area contributed by atoms with Gasteiger partial charge in [0.1, 0.15) is 11.9 Å². The first-order valence-electron chi connectivity index (χ1n) is 7.02. The Morgan fingerprint density at radius 1 is 1.33 bits per heavy atom. The quantitative estimate of drug-likeness (QED) is 0.426. The first-order valence-corrected chi connectivity index (χ1v) is 7.81. The van der Waals surface area contributed by atoms with Gasteiger partial charge < -0.3 is 20.1 Å². The smallest absolute Gasteiger partial charge is 0.191 e. The topological polar surface area (TPSA) is 54.9 Å². The zero-order valence-electron chi connectivity index (χ0n) is 12.9. The van der Waals surface area contributed by atoms with Gasteiger partial charge >= 0.3 is 0 Å². The van der Waals surface area contributed by atoms with Crippen molar-refractivity contribution >= 4 is 21.9 Å². The fourth-order valence-corrected chi connectivity index (χ4v) is 2.06. The molecule has 1 atom stereocenters. The summed E-state index contributed by atoms with van der Waals surface area (Å²) in [4.78, 5) is 4.17. The molecule has 0 aromatic heterocycles. The summed E-state index contributed by atoms with van der Waals surface area (Å²) in [6, 6.07) is 7.83. The Bertz CT molecular complexity index is 441. The van der Waals surface area contributed by atoms with Crippen LogP contribution in [0.25, 0.3) is 0 Å². The van der Waals surface area contributed by atoms with Gasteiger partial charge in [-0.1, -0.05) is 12.1 Å². The highest BCUT2D eigenvalue weighted by atomic mass is 79.9. The third kappa shape index (κ3) is 7.34. The molecule has 118 valence electrons. The predicted molar refractivity (Wildman–Crippen MR) is 90.1 cm³/mol. The van der Waals surface area contributed by atoms with E-state index in [0.29, 0.717) is 6.54 Å². The first-order chi connectivity index (χ1) is 10.2. The van der Waals surface area contributed by atoms with Crippen LogP contribution >= 0.6 is 15.9 Å². The van der Waals surface area contributed by atoms with Gasteiger partial charge in [0.2, 0.25) is 0 Å². The molecule has 0 aliphatic heterocycles. The van der Waals surface area contributed by atoms with E-state index in [1.54, 1.807) is 14.2 Å². The fraction of sp³-hybridized carbons (Fsp3) is 0.533. The SMILES string of the molecule is CN=C(NCCCOC)NCC(C)Oc1ccccc1Br. The lowest BCUT2D eigenvalue weighted by Gasteiger charge is -2.18. The number of aliphatic imine (C=N–C) groups is 1. The van der Waals surface area contributed by atoms with E-state index in [9.17, 15) is 0 Å². The third-order valence-electron chi connectivity index (χ3n) is 2.76. The van der Waals surface area contributed by atoms with Gasteiger partial charge in [0, 0.05) is 27.3 Å². The van der Waals surface area contributed by atoms with Crippen molar-refractivity contribution < 1.29 is 9.47 Å². The summed E-state index contributed by atoms with van der Waals surface area (Å²) in [6.07, 6.45) is 0.974. The standard InChI is InChI=1S/C15H24BrN3O2/c1-12(21-14-8-5-4-7-13(14)16)11-19-15(17-2)18-9-6-10-20-3/h4-5,7-8,12H,6,9-11H2,1-3H3,(H2,17,18,19). The van der Waals surface area contributed by atoms with Gasteiger partial charge in [-0.05, 0) is 41.4 Å². The molecular weight excluding hydrogens is 334 g/mol. The molecule has 0 heterocycles. The van der Waals surface area contributed by atoms with Crippen molar-refractivity contribution in [3.63, 3.8) is 0 Å². The minimum atomic E-state index is 0.0289. The van der Waals surface area contributed by atoms with Crippen LogP contribution in [-0.2, 0) is 4.74 Å². The van der Waals surface area contributed by atoms with E-state index >= 15 is 0 Å². The maximum atomic E-state index is 5.87. The predicted octanol–water partition coefficient (Wildman–Crippen LogP) is 2.42. The maximum absolute atomic E-state index is 5.87. The molecule has 2 N–H and O–H groups in total. The lowest BCUT2D eigenvalue weighted by molar-refractivity contribution is 0.195. The number of halogens is 1. The van der Waals surface area contributed by atoms with Crippen molar-refractivity contribution in [2.45, 2.75) is 19.4 Å². The van der Waals surface area contributed by atoms with Crippen molar-refractivity contribution in [3.8, 4) is 5.75 Å².